The molecule has 20 heavy (non-hydrogen) atoms. The van der Waals surface area contributed by atoms with Crippen molar-refractivity contribution in [1.82, 2.24) is 14.9 Å². The Kier molecular flexibility index (Phi) is 7.15. The minimum absolute atomic E-state index is 0.317. The molecule has 0 aliphatic carbocycles. The van der Waals surface area contributed by atoms with Crippen LogP contribution in [-0.2, 0) is 16.6 Å². The maximum Gasteiger partial charge on any atom is 0.240 e. The Morgan fingerprint density at radius 2 is 1.80 bits per heavy atom. The van der Waals surface area contributed by atoms with E-state index in [0.29, 0.717) is 18.0 Å². The molecule has 2 N–H and O–H groups in total. The lowest BCUT2D eigenvalue weighted by molar-refractivity contribution is 0.358. The van der Waals surface area contributed by atoms with Gasteiger partial charge in [0.1, 0.15) is 0 Å². The third-order valence-corrected chi connectivity index (χ3v) is 4.62. The molecule has 0 amide bonds. The number of nitrogens with one attached hydrogen (secondary N) is 2. The average Bonchev–Trinajstić information content (AvgIpc) is 2.45. The highest BCUT2D eigenvalue weighted by Crippen LogP contribution is 2.10. The summed E-state index contributed by atoms with van der Waals surface area (Å²) in [6.07, 6.45) is 0. The monoisotopic (exact) mass is 299 g/mol. The molecule has 0 aliphatic rings. The molecule has 0 bridgehead atoms. The summed E-state index contributed by atoms with van der Waals surface area (Å²) in [7, 11) is -1.44. The third-order valence-electron chi connectivity index (χ3n) is 3.14. The van der Waals surface area contributed by atoms with Crippen molar-refractivity contribution in [3.8, 4) is 0 Å². The summed E-state index contributed by atoms with van der Waals surface area (Å²) in [6.45, 7) is 7.76. The Bertz CT molecular complexity index is 486. The van der Waals surface area contributed by atoms with Gasteiger partial charge in [-0.05, 0) is 37.8 Å². The van der Waals surface area contributed by atoms with Crippen molar-refractivity contribution < 1.29 is 8.42 Å². The van der Waals surface area contributed by atoms with E-state index in [-0.39, 0.29) is 0 Å². The number of benzene rings is 1. The first-order valence-corrected chi connectivity index (χ1v) is 8.45. The van der Waals surface area contributed by atoms with Crippen LogP contribution in [0.4, 0.5) is 0 Å². The average molecular weight is 299 g/mol. The first-order valence-electron chi connectivity index (χ1n) is 6.97. The number of likely N-dealkylation sites (N-methyl/N-ethyl adjacent to an activating group) is 1. The van der Waals surface area contributed by atoms with Gasteiger partial charge in [-0.3, -0.25) is 0 Å². The first kappa shape index (κ1) is 17.1. The summed E-state index contributed by atoms with van der Waals surface area (Å²) >= 11 is 0. The van der Waals surface area contributed by atoms with Crippen molar-refractivity contribution in [2.75, 3.05) is 33.2 Å². The largest absolute Gasteiger partial charge is 0.313 e. The Morgan fingerprint density at radius 1 is 1.15 bits per heavy atom. The lowest BCUT2D eigenvalue weighted by atomic mass is 10.2. The highest BCUT2D eigenvalue weighted by atomic mass is 32.2. The van der Waals surface area contributed by atoms with Gasteiger partial charge in [0, 0.05) is 19.6 Å². The second-order valence-electron chi connectivity index (χ2n) is 4.72. The van der Waals surface area contributed by atoms with Gasteiger partial charge < -0.3 is 10.2 Å². The van der Waals surface area contributed by atoms with Crippen LogP contribution in [0.25, 0.3) is 0 Å². The van der Waals surface area contributed by atoms with Gasteiger partial charge in [0.25, 0.3) is 0 Å². The number of nitrogens with zero attached hydrogens (tertiary/aromatic N) is 1. The molecule has 0 unspecified atom stereocenters. The van der Waals surface area contributed by atoms with Crippen molar-refractivity contribution in [2.45, 2.75) is 25.3 Å². The molecule has 0 heterocycles. The molecule has 0 aliphatic heterocycles. The van der Waals surface area contributed by atoms with Gasteiger partial charge in [0.15, 0.2) is 0 Å². The fourth-order valence-electron chi connectivity index (χ4n) is 1.67. The van der Waals surface area contributed by atoms with Crippen LogP contribution >= 0.6 is 0 Å². The Labute approximate surface area is 122 Å². The van der Waals surface area contributed by atoms with Crippen LogP contribution in [0.15, 0.2) is 29.2 Å². The van der Waals surface area contributed by atoms with Crippen molar-refractivity contribution >= 4 is 10.0 Å². The molecule has 0 saturated heterocycles. The van der Waals surface area contributed by atoms with Crippen LogP contribution in [-0.4, -0.2) is 46.5 Å². The summed E-state index contributed by atoms with van der Waals surface area (Å²) in [5.41, 5.74) is 1.08. The fraction of sp³-hybridized carbons (Fsp3) is 0.571. The molecule has 1 aromatic rings. The summed E-state index contributed by atoms with van der Waals surface area (Å²) in [5.74, 6) is 0. The Balaban J connectivity index is 2.58. The van der Waals surface area contributed by atoms with Crippen LogP contribution in [0.3, 0.4) is 0 Å². The lowest BCUT2D eigenvalue weighted by Crippen LogP contribution is -2.32. The molecule has 6 heteroatoms. The van der Waals surface area contributed by atoms with Gasteiger partial charge in [-0.2, -0.15) is 0 Å². The maximum atomic E-state index is 12.1. The second-order valence-corrected chi connectivity index (χ2v) is 6.48. The summed E-state index contributed by atoms with van der Waals surface area (Å²) in [5, 5.41) is 3.21. The highest BCUT2D eigenvalue weighted by Gasteiger charge is 2.13. The van der Waals surface area contributed by atoms with Crippen LogP contribution in [0.5, 0.6) is 0 Å². The molecule has 0 fully saturated rings. The molecule has 1 rings (SSSR count). The summed E-state index contributed by atoms with van der Waals surface area (Å²) in [6, 6.07) is 6.99. The Hall–Kier alpha value is -0.950. The van der Waals surface area contributed by atoms with E-state index in [9.17, 15) is 8.42 Å². The Morgan fingerprint density at radius 3 is 2.35 bits per heavy atom. The number of hydrogen-bond acceptors (Lipinski definition) is 4. The summed E-state index contributed by atoms with van der Waals surface area (Å²) in [4.78, 5) is 2.37. The van der Waals surface area contributed by atoms with E-state index >= 15 is 0 Å². The van der Waals surface area contributed by atoms with E-state index in [1.165, 1.54) is 0 Å². The highest BCUT2D eigenvalue weighted by molar-refractivity contribution is 7.89. The van der Waals surface area contributed by atoms with Gasteiger partial charge >= 0.3 is 0 Å². The quantitative estimate of drug-likeness (QED) is 0.715. The van der Waals surface area contributed by atoms with E-state index in [4.69, 9.17) is 0 Å². The molecule has 0 saturated carbocycles. The van der Waals surface area contributed by atoms with Crippen LogP contribution < -0.4 is 10.0 Å². The van der Waals surface area contributed by atoms with Crippen LogP contribution in [0, 0.1) is 0 Å². The van der Waals surface area contributed by atoms with Gasteiger partial charge in [0.05, 0.1) is 4.90 Å². The molecule has 0 radical (unpaired) electrons. The predicted molar refractivity (Wildman–Crippen MR) is 82.2 cm³/mol. The second kappa shape index (κ2) is 8.36. The van der Waals surface area contributed by atoms with Gasteiger partial charge in [0.2, 0.25) is 10.0 Å². The standard InChI is InChI=1S/C14H25N3O2S/c1-4-15-12-13-6-8-14(9-7-13)20(18,19)16-10-11-17(3)5-2/h6-9,15-16H,4-5,10-12H2,1-3H3. The van der Waals surface area contributed by atoms with Gasteiger partial charge in [-0.1, -0.05) is 26.0 Å². The normalized spacial score (nSPS) is 12.0. The molecular weight excluding hydrogens is 274 g/mol. The zero-order valence-electron chi connectivity index (χ0n) is 12.5. The number of rotatable bonds is 9. The van der Waals surface area contributed by atoms with Crippen LogP contribution in [0.2, 0.25) is 0 Å². The van der Waals surface area contributed by atoms with Crippen molar-refractivity contribution in [3.63, 3.8) is 0 Å². The van der Waals surface area contributed by atoms with E-state index in [1.54, 1.807) is 12.1 Å². The van der Waals surface area contributed by atoms with Gasteiger partial charge in [-0.15, -0.1) is 0 Å². The minimum Gasteiger partial charge on any atom is -0.313 e. The molecule has 0 spiro atoms. The molecule has 0 atom stereocenters. The van der Waals surface area contributed by atoms with Crippen molar-refractivity contribution in [2.24, 2.45) is 0 Å². The number of sulfonamides is 1. The molecule has 5 nitrogen and oxygen atoms in total. The molecular formula is C14H25N3O2S. The van der Waals surface area contributed by atoms with Crippen molar-refractivity contribution in [3.05, 3.63) is 29.8 Å². The van der Waals surface area contributed by atoms with Gasteiger partial charge in [-0.25, -0.2) is 13.1 Å². The van der Waals surface area contributed by atoms with E-state index in [0.717, 1.165) is 25.2 Å². The molecule has 0 aromatic heterocycles. The van der Waals surface area contributed by atoms with E-state index < -0.39 is 10.0 Å². The van der Waals surface area contributed by atoms with Crippen molar-refractivity contribution in [1.29, 1.82) is 0 Å². The number of hydrogen-bond donors (Lipinski definition) is 2. The zero-order chi connectivity index (χ0) is 15.0. The van der Waals surface area contributed by atoms with E-state index in [2.05, 4.69) is 14.9 Å². The molecule has 1 aromatic carbocycles. The first-order chi connectivity index (χ1) is 9.49. The third kappa shape index (κ3) is 5.58. The van der Waals surface area contributed by atoms with E-state index in [1.807, 2.05) is 33.0 Å². The zero-order valence-corrected chi connectivity index (χ0v) is 13.3. The predicted octanol–water partition coefficient (Wildman–Crippen LogP) is 1.03. The summed E-state index contributed by atoms with van der Waals surface area (Å²) < 4.78 is 26.8. The lowest BCUT2D eigenvalue weighted by Gasteiger charge is -2.14. The smallest absolute Gasteiger partial charge is 0.240 e. The topological polar surface area (TPSA) is 61.4 Å². The SMILES string of the molecule is CCNCc1ccc(S(=O)(=O)NCCN(C)CC)cc1. The molecule has 114 valence electrons. The minimum atomic E-state index is -3.40. The fourth-order valence-corrected chi connectivity index (χ4v) is 2.69. The van der Waals surface area contributed by atoms with Crippen LogP contribution in [0.1, 0.15) is 19.4 Å². The maximum absolute atomic E-state index is 12.1.